The van der Waals surface area contributed by atoms with Gasteiger partial charge in [-0.25, -0.2) is 0 Å². The number of ether oxygens (including phenoxy) is 4. The molecule has 40 heavy (non-hydrogen) atoms. The van der Waals surface area contributed by atoms with Gasteiger partial charge in [-0.15, -0.1) is 0 Å². The van der Waals surface area contributed by atoms with Crippen LogP contribution in [0.25, 0.3) is 0 Å². The summed E-state index contributed by atoms with van der Waals surface area (Å²) in [5.74, 6) is 1.39. The van der Waals surface area contributed by atoms with Crippen LogP contribution >= 0.6 is 0 Å². The zero-order valence-corrected chi connectivity index (χ0v) is 23.1. The Morgan fingerprint density at radius 3 is 1.02 bits per heavy atom. The zero-order chi connectivity index (χ0) is 29.0. The minimum absolute atomic E-state index is 0.207. The number of hydrogen-bond donors (Lipinski definition) is 6. The van der Waals surface area contributed by atoms with Gasteiger partial charge in [-0.05, 0) is 76.1 Å². The van der Waals surface area contributed by atoms with Gasteiger partial charge in [0.25, 0.3) is 11.8 Å². The summed E-state index contributed by atoms with van der Waals surface area (Å²) < 4.78 is 22.9. The third-order valence-electron chi connectivity index (χ3n) is 5.45. The quantitative estimate of drug-likeness (QED) is 0.118. The lowest BCUT2D eigenvalue weighted by molar-refractivity contribution is 0.0927. The van der Waals surface area contributed by atoms with Crippen LogP contribution in [0.15, 0.2) is 36.4 Å². The molecule has 2 aromatic carbocycles. The van der Waals surface area contributed by atoms with E-state index in [0.717, 1.165) is 0 Å². The highest BCUT2D eigenvalue weighted by Crippen LogP contribution is 2.25. The molecule has 0 spiro atoms. The van der Waals surface area contributed by atoms with Gasteiger partial charge in [0.05, 0.1) is 26.4 Å². The van der Waals surface area contributed by atoms with Gasteiger partial charge in [-0.3, -0.25) is 9.59 Å². The lowest BCUT2D eigenvalue weighted by atomic mass is 10.1. The van der Waals surface area contributed by atoms with Crippen LogP contribution in [0.2, 0.25) is 0 Å². The van der Waals surface area contributed by atoms with Gasteiger partial charge in [0.1, 0.15) is 23.0 Å². The van der Waals surface area contributed by atoms with Gasteiger partial charge in [-0.2, -0.15) is 0 Å². The number of carbonyl (C=O) groups excluding carboxylic acids is 2. The number of amides is 2. The first-order valence-electron chi connectivity index (χ1n) is 13.7. The molecule has 2 amide bonds. The van der Waals surface area contributed by atoms with Crippen molar-refractivity contribution in [2.24, 2.45) is 22.9 Å². The fraction of sp³-hybridized carbons (Fsp3) is 0.500. The summed E-state index contributed by atoms with van der Waals surface area (Å²) in [4.78, 5) is 25.7. The largest absolute Gasteiger partial charge is 0.493 e. The SMILES string of the molecule is NCCCOc1cc(OCCCN)cc(C(=O)NCCNC(=O)c2cc(OCCCN)cc(OCCCN)c2)c1. The highest BCUT2D eigenvalue weighted by atomic mass is 16.5. The fourth-order valence-corrected chi connectivity index (χ4v) is 3.39. The minimum Gasteiger partial charge on any atom is -0.493 e. The molecule has 0 aliphatic carbocycles. The van der Waals surface area contributed by atoms with Gasteiger partial charge < -0.3 is 52.5 Å². The molecular formula is C28H44N6O6. The van der Waals surface area contributed by atoms with Crippen molar-refractivity contribution in [1.82, 2.24) is 10.6 Å². The van der Waals surface area contributed by atoms with E-state index in [4.69, 9.17) is 41.9 Å². The molecule has 0 aliphatic rings. The number of nitrogens with two attached hydrogens (primary N) is 4. The third-order valence-corrected chi connectivity index (χ3v) is 5.45. The van der Waals surface area contributed by atoms with Crippen LogP contribution in [0.5, 0.6) is 23.0 Å². The molecule has 2 rings (SSSR count). The highest BCUT2D eigenvalue weighted by molar-refractivity contribution is 5.96. The van der Waals surface area contributed by atoms with E-state index in [0.29, 0.717) is 112 Å². The number of hydrogen-bond acceptors (Lipinski definition) is 10. The molecule has 222 valence electrons. The van der Waals surface area contributed by atoms with Crippen LogP contribution in [0.4, 0.5) is 0 Å². The second kappa shape index (κ2) is 19.5. The zero-order valence-electron chi connectivity index (χ0n) is 23.1. The summed E-state index contributed by atoms with van der Waals surface area (Å²) in [6.45, 7) is 4.12. The van der Waals surface area contributed by atoms with E-state index in [2.05, 4.69) is 10.6 Å². The van der Waals surface area contributed by atoms with E-state index in [1.54, 1.807) is 36.4 Å². The van der Waals surface area contributed by atoms with E-state index < -0.39 is 0 Å². The first-order valence-corrected chi connectivity index (χ1v) is 13.7. The summed E-state index contributed by atoms with van der Waals surface area (Å²) >= 11 is 0. The Hall–Kier alpha value is -3.58. The first kappa shape index (κ1) is 32.6. The lowest BCUT2D eigenvalue weighted by Gasteiger charge is -2.13. The molecule has 0 heterocycles. The van der Waals surface area contributed by atoms with Crippen LogP contribution in [0, 0.1) is 0 Å². The summed E-state index contributed by atoms with van der Waals surface area (Å²) in [5.41, 5.74) is 22.9. The molecule has 0 radical (unpaired) electrons. The van der Waals surface area contributed by atoms with Gasteiger partial charge in [0, 0.05) is 36.3 Å². The lowest BCUT2D eigenvalue weighted by Crippen LogP contribution is -2.34. The molecule has 0 aromatic heterocycles. The normalized spacial score (nSPS) is 10.6. The smallest absolute Gasteiger partial charge is 0.251 e. The monoisotopic (exact) mass is 560 g/mol. The average molecular weight is 561 g/mol. The molecule has 12 heteroatoms. The number of benzene rings is 2. The molecule has 10 N–H and O–H groups in total. The Labute approximate surface area is 236 Å². The Morgan fingerprint density at radius 1 is 0.500 bits per heavy atom. The van der Waals surface area contributed by atoms with Gasteiger partial charge in [0.15, 0.2) is 0 Å². The Bertz CT molecular complexity index is 900. The maximum absolute atomic E-state index is 12.8. The van der Waals surface area contributed by atoms with E-state index in [-0.39, 0.29) is 24.9 Å². The molecule has 0 aliphatic heterocycles. The van der Waals surface area contributed by atoms with Crippen molar-refractivity contribution < 1.29 is 28.5 Å². The van der Waals surface area contributed by atoms with E-state index in [9.17, 15) is 9.59 Å². The van der Waals surface area contributed by atoms with Crippen molar-refractivity contribution in [1.29, 1.82) is 0 Å². The molecule has 0 bridgehead atoms. The molecule has 2 aromatic rings. The fourth-order valence-electron chi connectivity index (χ4n) is 3.39. The standard InChI is InChI=1S/C28H44N6O6/c29-5-1-11-37-23-15-21(16-24(19-23)38-12-2-6-30)27(35)33-9-10-34-28(36)22-17-25(39-13-3-7-31)20-26(18-22)40-14-4-8-32/h15-20H,1-14,29-32H2,(H,33,35)(H,34,36). The van der Waals surface area contributed by atoms with Crippen molar-refractivity contribution in [3.05, 3.63) is 47.5 Å². The predicted octanol–water partition coefficient (Wildman–Crippen LogP) is 0.757. The molecule has 0 atom stereocenters. The van der Waals surface area contributed by atoms with Crippen LogP contribution in [-0.4, -0.2) is 77.5 Å². The summed E-state index contributed by atoms with van der Waals surface area (Å²) in [6, 6.07) is 10.0. The number of rotatable bonds is 21. The second-order valence-electron chi connectivity index (χ2n) is 8.86. The Kier molecular flexibility index (Phi) is 15.9. The van der Waals surface area contributed by atoms with Crippen molar-refractivity contribution in [3.8, 4) is 23.0 Å². The molecule has 12 nitrogen and oxygen atoms in total. The van der Waals surface area contributed by atoms with Gasteiger partial charge in [-0.1, -0.05) is 0 Å². The molecular weight excluding hydrogens is 516 g/mol. The van der Waals surface area contributed by atoms with Crippen LogP contribution < -0.4 is 52.5 Å². The van der Waals surface area contributed by atoms with Gasteiger partial charge >= 0.3 is 0 Å². The maximum atomic E-state index is 12.8. The number of nitrogens with one attached hydrogen (secondary N) is 2. The molecule has 0 unspecified atom stereocenters. The summed E-state index contributed by atoms with van der Waals surface area (Å²) in [7, 11) is 0. The predicted molar refractivity (Wildman–Crippen MR) is 154 cm³/mol. The maximum Gasteiger partial charge on any atom is 0.251 e. The topological polar surface area (TPSA) is 199 Å². The minimum atomic E-state index is -0.326. The van der Waals surface area contributed by atoms with E-state index in [1.807, 2.05) is 0 Å². The second-order valence-corrected chi connectivity index (χ2v) is 8.86. The van der Waals surface area contributed by atoms with E-state index in [1.165, 1.54) is 0 Å². The highest BCUT2D eigenvalue weighted by Gasteiger charge is 2.13. The molecule has 0 fully saturated rings. The van der Waals surface area contributed by atoms with Crippen molar-refractivity contribution in [3.63, 3.8) is 0 Å². The van der Waals surface area contributed by atoms with Gasteiger partial charge in [0.2, 0.25) is 0 Å². The van der Waals surface area contributed by atoms with Crippen molar-refractivity contribution >= 4 is 11.8 Å². The summed E-state index contributed by atoms with van der Waals surface area (Å²) in [5, 5.41) is 5.62. The first-order chi connectivity index (χ1) is 19.5. The average Bonchev–Trinajstić information content (AvgIpc) is 2.95. The Morgan fingerprint density at radius 2 is 0.775 bits per heavy atom. The van der Waals surface area contributed by atoms with Crippen LogP contribution in [0.1, 0.15) is 46.4 Å². The van der Waals surface area contributed by atoms with Crippen molar-refractivity contribution in [2.45, 2.75) is 25.7 Å². The summed E-state index contributed by atoms with van der Waals surface area (Å²) in [6.07, 6.45) is 2.74. The van der Waals surface area contributed by atoms with Crippen molar-refractivity contribution in [2.75, 3.05) is 65.7 Å². The van der Waals surface area contributed by atoms with Crippen LogP contribution in [0.3, 0.4) is 0 Å². The van der Waals surface area contributed by atoms with Crippen LogP contribution in [-0.2, 0) is 0 Å². The molecule has 0 saturated carbocycles. The van der Waals surface area contributed by atoms with E-state index >= 15 is 0 Å². The number of carbonyl (C=O) groups is 2. The third kappa shape index (κ3) is 12.5. The Balaban J connectivity index is 1.97. The molecule has 0 saturated heterocycles.